The van der Waals surface area contributed by atoms with Gasteiger partial charge >= 0.3 is 17.9 Å². The minimum absolute atomic E-state index is 0.0121. The molecule has 0 bridgehead atoms. The van der Waals surface area contributed by atoms with Crippen molar-refractivity contribution in [1.82, 2.24) is 0 Å². The Morgan fingerprint density at radius 1 is 0.800 bits per heavy atom. The van der Waals surface area contributed by atoms with E-state index in [-0.39, 0.29) is 30.6 Å². The van der Waals surface area contributed by atoms with Crippen LogP contribution in [0.1, 0.15) is 26.7 Å². The molecule has 20 heteroatoms. The van der Waals surface area contributed by atoms with Crippen LogP contribution in [0.15, 0.2) is 36.3 Å². The SMILES string of the molecule is C=C[C@H]1[C@H](O[C@@H]2O[C@H](CO)[C@@H](O)[C@H](O)[C@H]2O)OC=C(C(=O)O[C@H]2C[C@@H]3C(C(=O)OC)=CO[C@@H](O[C@@H]4O[C@H](CO)[C@@H](O)[C@H](O)[C@H]4O)[C@@H]3[C@H]2C)[C@H]1CCOC(C)=O. The maximum absolute atomic E-state index is 14.0. The Bertz CT molecular complexity index is 1430. The predicted molar refractivity (Wildman–Crippen MR) is 177 cm³/mol. The molecule has 1 saturated carbocycles. The van der Waals surface area contributed by atoms with Gasteiger partial charge in [0.1, 0.15) is 54.9 Å². The summed E-state index contributed by atoms with van der Waals surface area (Å²) >= 11 is 0. The van der Waals surface area contributed by atoms with Crippen LogP contribution in [0.4, 0.5) is 0 Å². The molecule has 4 aliphatic heterocycles. The molecule has 5 aliphatic rings. The number of ether oxygens (including phenoxy) is 9. The number of fused-ring (bicyclic) bond motifs is 1. The zero-order chi connectivity index (χ0) is 40.3. The molecule has 4 heterocycles. The first-order chi connectivity index (χ1) is 26.2. The van der Waals surface area contributed by atoms with Crippen molar-refractivity contribution in [2.75, 3.05) is 26.9 Å². The van der Waals surface area contributed by atoms with E-state index < -0.39 is 141 Å². The van der Waals surface area contributed by atoms with Gasteiger partial charge in [0.05, 0.1) is 50.6 Å². The third kappa shape index (κ3) is 8.85. The quantitative estimate of drug-likeness (QED) is 0.0518. The van der Waals surface area contributed by atoms with Crippen LogP contribution < -0.4 is 0 Å². The van der Waals surface area contributed by atoms with Gasteiger partial charge in [-0.05, 0) is 12.8 Å². The zero-order valence-electron chi connectivity index (χ0n) is 30.3. The van der Waals surface area contributed by atoms with E-state index in [9.17, 15) is 55.2 Å². The molecule has 18 atom stereocenters. The van der Waals surface area contributed by atoms with E-state index >= 15 is 0 Å². The van der Waals surface area contributed by atoms with Crippen LogP contribution in [0.2, 0.25) is 0 Å². The molecule has 0 radical (unpaired) electrons. The highest BCUT2D eigenvalue weighted by Gasteiger charge is 2.55. The van der Waals surface area contributed by atoms with Gasteiger partial charge in [0, 0.05) is 36.5 Å². The number of aliphatic hydroxyl groups excluding tert-OH is 8. The molecule has 0 amide bonds. The maximum Gasteiger partial charge on any atom is 0.337 e. The van der Waals surface area contributed by atoms with E-state index in [1.165, 1.54) is 20.1 Å². The first-order valence-electron chi connectivity index (χ1n) is 17.8. The fourth-order valence-electron chi connectivity index (χ4n) is 7.74. The van der Waals surface area contributed by atoms with Crippen molar-refractivity contribution in [1.29, 1.82) is 0 Å². The van der Waals surface area contributed by atoms with E-state index in [4.69, 9.17) is 42.6 Å². The highest BCUT2D eigenvalue weighted by Crippen LogP contribution is 2.49. The normalized spacial score (nSPS) is 42.7. The van der Waals surface area contributed by atoms with Crippen molar-refractivity contribution in [3.05, 3.63) is 36.3 Å². The minimum atomic E-state index is -1.75. The number of methoxy groups -OCH3 is 1. The lowest BCUT2D eigenvalue weighted by Crippen LogP contribution is -2.60. The van der Waals surface area contributed by atoms with E-state index in [0.29, 0.717) is 0 Å². The van der Waals surface area contributed by atoms with Crippen LogP contribution >= 0.6 is 0 Å². The van der Waals surface area contributed by atoms with Gasteiger partial charge in [0.25, 0.3) is 0 Å². The number of rotatable bonds is 13. The monoisotopic (exact) mass is 790 g/mol. The van der Waals surface area contributed by atoms with E-state index in [1.54, 1.807) is 6.92 Å². The molecule has 310 valence electrons. The Morgan fingerprint density at radius 2 is 1.35 bits per heavy atom. The number of esters is 3. The summed E-state index contributed by atoms with van der Waals surface area (Å²) in [6.07, 6.45) is -15.6. The lowest BCUT2D eigenvalue weighted by Gasteiger charge is -2.43. The van der Waals surface area contributed by atoms with E-state index in [1.807, 2.05) is 0 Å². The summed E-state index contributed by atoms with van der Waals surface area (Å²) in [6.45, 7) is 5.23. The highest BCUT2D eigenvalue weighted by atomic mass is 16.8. The molecule has 0 aromatic rings. The third-order valence-electron chi connectivity index (χ3n) is 10.8. The molecule has 20 nitrogen and oxygen atoms in total. The fourth-order valence-corrected chi connectivity index (χ4v) is 7.74. The molecule has 8 N–H and O–H groups in total. The predicted octanol–water partition coefficient (Wildman–Crippen LogP) is -3.17. The lowest BCUT2D eigenvalue weighted by atomic mass is 9.81. The second kappa shape index (κ2) is 18.3. The van der Waals surface area contributed by atoms with E-state index in [0.717, 1.165) is 12.5 Å². The Labute approximate surface area is 315 Å². The van der Waals surface area contributed by atoms with Crippen molar-refractivity contribution in [3.63, 3.8) is 0 Å². The largest absolute Gasteiger partial charge is 0.472 e. The van der Waals surface area contributed by atoms with Gasteiger partial charge in [-0.15, -0.1) is 6.58 Å². The molecule has 1 aliphatic carbocycles. The molecule has 0 unspecified atom stereocenters. The van der Waals surface area contributed by atoms with Crippen molar-refractivity contribution in [2.45, 2.75) is 107 Å². The van der Waals surface area contributed by atoms with Crippen molar-refractivity contribution in [3.8, 4) is 0 Å². The Hall–Kier alpha value is -3.25. The standard InChI is InChI=1S/C35H50O20/c1-5-15-16(6-7-48-14(3)38)18(11-49-32(15)54-34-28(43)26(41)24(39)21(9-36)52-34)31(46)51-20-8-17-19(30(45)47-4)12-50-33(23(17)13(20)2)55-35-29(44)27(42)25(40)22(10-37)53-35/h5,11-13,15-17,20-29,32-37,39-44H,1,6-10H2,2-4H3/t13-,15+,16-,17+,20-,21+,22+,23+,24+,25+,26-,27-,28+,29+,32-,33-,34-,35-/m0/s1. The summed E-state index contributed by atoms with van der Waals surface area (Å²) in [4.78, 5) is 38.5. The maximum atomic E-state index is 14.0. The number of hydrogen-bond donors (Lipinski definition) is 8. The van der Waals surface area contributed by atoms with Crippen LogP contribution in [-0.2, 0) is 57.0 Å². The molecule has 0 aromatic carbocycles. The lowest BCUT2D eigenvalue weighted by molar-refractivity contribution is -0.342. The number of carbonyl (C=O) groups excluding carboxylic acids is 3. The summed E-state index contributed by atoms with van der Waals surface area (Å²) in [5.41, 5.74) is 0.104. The van der Waals surface area contributed by atoms with Gasteiger partial charge in [-0.3, -0.25) is 4.79 Å². The van der Waals surface area contributed by atoms with Crippen molar-refractivity contribution >= 4 is 17.9 Å². The van der Waals surface area contributed by atoms with Gasteiger partial charge in [0.15, 0.2) is 12.6 Å². The van der Waals surface area contributed by atoms with Crippen LogP contribution in [0.5, 0.6) is 0 Å². The van der Waals surface area contributed by atoms with Crippen LogP contribution in [0, 0.1) is 29.6 Å². The van der Waals surface area contributed by atoms with Gasteiger partial charge < -0.3 is 83.5 Å². The molecular weight excluding hydrogens is 740 g/mol. The summed E-state index contributed by atoms with van der Waals surface area (Å²) in [7, 11) is 1.18. The van der Waals surface area contributed by atoms with Crippen LogP contribution in [-0.4, -0.2) is 166 Å². The Kier molecular flexibility index (Phi) is 14.3. The first kappa shape index (κ1) is 42.9. The topological polar surface area (TPSA) is 296 Å². The first-order valence-corrected chi connectivity index (χ1v) is 17.8. The highest BCUT2D eigenvalue weighted by molar-refractivity contribution is 5.90. The molecule has 55 heavy (non-hydrogen) atoms. The minimum Gasteiger partial charge on any atom is -0.472 e. The second-order valence-electron chi connectivity index (χ2n) is 14.1. The smallest absolute Gasteiger partial charge is 0.337 e. The summed E-state index contributed by atoms with van der Waals surface area (Å²) in [6, 6.07) is 0. The van der Waals surface area contributed by atoms with Gasteiger partial charge in [-0.1, -0.05) is 13.0 Å². The molecule has 0 aromatic heterocycles. The molecule has 5 rings (SSSR count). The van der Waals surface area contributed by atoms with Crippen molar-refractivity contribution < 1.29 is 97.9 Å². The summed E-state index contributed by atoms with van der Waals surface area (Å²) in [5, 5.41) is 81.3. The van der Waals surface area contributed by atoms with Gasteiger partial charge in [-0.2, -0.15) is 0 Å². The fraction of sp³-hybridized carbons (Fsp3) is 0.743. The molecule has 2 saturated heterocycles. The third-order valence-corrected chi connectivity index (χ3v) is 10.8. The van der Waals surface area contributed by atoms with Gasteiger partial charge in [0.2, 0.25) is 12.6 Å². The van der Waals surface area contributed by atoms with Crippen molar-refractivity contribution in [2.24, 2.45) is 29.6 Å². The van der Waals surface area contributed by atoms with Crippen LogP contribution in [0.25, 0.3) is 0 Å². The average molecular weight is 791 g/mol. The van der Waals surface area contributed by atoms with Gasteiger partial charge in [-0.25, -0.2) is 9.59 Å². The molecular formula is C35H50O20. The second-order valence-corrected chi connectivity index (χ2v) is 14.1. The molecule has 0 spiro atoms. The number of aliphatic hydroxyl groups is 8. The number of carbonyl (C=O) groups is 3. The Morgan fingerprint density at radius 3 is 1.87 bits per heavy atom. The summed E-state index contributed by atoms with van der Waals surface area (Å²) in [5.74, 6) is -5.84. The van der Waals surface area contributed by atoms with Crippen LogP contribution in [0.3, 0.4) is 0 Å². The number of hydrogen-bond acceptors (Lipinski definition) is 20. The Balaban J connectivity index is 1.36. The average Bonchev–Trinajstić information content (AvgIpc) is 3.49. The molecule has 3 fully saturated rings. The zero-order valence-corrected chi connectivity index (χ0v) is 30.3. The summed E-state index contributed by atoms with van der Waals surface area (Å²) < 4.78 is 50.5. The van der Waals surface area contributed by atoms with E-state index in [2.05, 4.69) is 6.58 Å².